The van der Waals surface area contributed by atoms with Crippen LogP contribution in [0.3, 0.4) is 0 Å². The predicted molar refractivity (Wildman–Crippen MR) is 104 cm³/mol. The van der Waals surface area contributed by atoms with Gasteiger partial charge in [0.15, 0.2) is 6.61 Å². The van der Waals surface area contributed by atoms with Crippen LogP contribution in [0.4, 0.5) is 11.4 Å². The summed E-state index contributed by atoms with van der Waals surface area (Å²) in [5.74, 6) is 0.367. The molecule has 0 spiro atoms. The van der Waals surface area contributed by atoms with Crippen molar-refractivity contribution in [3.63, 3.8) is 0 Å². The van der Waals surface area contributed by atoms with Gasteiger partial charge in [0.2, 0.25) is 10.0 Å². The minimum atomic E-state index is -3.36. The molecule has 1 N–H and O–H groups in total. The van der Waals surface area contributed by atoms with Gasteiger partial charge in [-0.3, -0.25) is 9.10 Å². The van der Waals surface area contributed by atoms with Crippen molar-refractivity contribution in [2.45, 2.75) is 20.8 Å². The van der Waals surface area contributed by atoms with E-state index < -0.39 is 10.0 Å². The average Bonchev–Trinajstić information content (AvgIpc) is 2.55. The van der Waals surface area contributed by atoms with Gasteiger partial charge in [0, 0.05) is 12.7 Å². The van der Waals surface area contributed by atoms with Gasteiger partial charge >= 0.3 is 0 Å². The second-order valence-electron chi connectivity index (χ2n) is 6.32. The maximum absolute atomic E-state index is 12.2. The van der Waals surface area contributed by atoms with E-state index >= 15 is 0 Å². The molecule has 0 bridgehead atoms. The second-order valence-corrected chi connectivity index (χ2v) is 8.34. The SMILES string of the molecule is Cc1cc(C)c(C)c(OCC(=O)Nc2cccc(N(C)S(C)(=O)=O)c2)c1. The van der Waals surface area contributed by atoms with Crippen LogP contribution in [-0.4, -0.2) is 34.2 Å². The number of hydrogen-bond donors (Lipinski definition) is 1. The number of aryl methyl sites for hydroxylation is 2. The lowest BCUT2D eigenvalue weighted by atomic mass is 10.1. The maximum Gasteiger partial charge on any atom is 0.262 e. The first-order valence-corrected chi connectivity index (χ1v) is 9.97. The molecule has 2 rings (SSSR count). The third kappa shape index (κ3) is 4.98. The van der Waals surface area contributed by atoms with Crippen molar-refractivity contribution in [2.75, 3.05) is 29.5 Å². The van der Waals surface area contributed by atoms with E-state index in [4.69, 9.17) is 4.74 Å². The molecule has 140 valence electrons. The Labute approximate surface area is 154 Å². The van der Waals surface area contributed by atoms with E-state index in [1.807, 2.05) is 26.8 Å². The number of hydrogen-bond acceptors (Lipinski definition) is 4. The second kappa shape index (κ2) is 7.78. The highest BCUT2D eigenvalue weighted by molar-refractivity contribution is 7.92. The highest BCUT2D eigenvalue weighted by atomic mass is 32.2. The van der Waals surface area contributed by atoms with Gasteiger partial charge in [-0.2, -0.15) is 0 Å². The number of rotatable bonds is 6. The molecular formula is C19H24N2O4S. The number of nitrogens with zero attached hydrogens (tertiary/aromatic N) is 1. The highest BCUT2D eigenvalue weighted by Gasteiger charge is 2.13. The number of benzene rings is 2. The molecule has 2 aromatic carbocycles. The lowest BCUT2D eigenvalue weighted by Crippen LogP contribution is -2.25. The standard InChI is InChI=1S/C19H24N2O4S/c1-13-9-14(2)15(3)18(10-13)25-12-19(22)20-16-7-6-8-17(11-16)21(4)26(5,23)24/h6-11H,12H2,1-5H3,(H,20,22). The van der Waals surface area contributed by atoms with Crippen LogP contribution in [0.25, 0.3) is 0 Å². The molecule has 0 aromatic heterocycles. The lowest BCUT2D eigenvalue weighted by Gasteiger charge is -2.17. The average molecular weight is 376 g/mol. The van der Waals surface area contributed by atoms with Crippen molar-refractivity contribution in [2.24, 2.45) is 0 Å². The zero-order chi connectivity index (χ0) is 19.5. The van der Waals surface area contributed by atoms with Gasteiger partial charge in [-0.05, 0) is 61.7 Å². The van der Waals surface area contributed by atoms with Crippen LogP contribution in [0.1, 0.15) is 16.7 Å². The molecule has 0 fully saturated rings. The van der Waals surface area contributed by atoms with E-state index in [-0.39, 0.29) is 12.5 Å². The number of ether oxygens (including phenoxy) is 1. The molecule has 7 heteroatoms. The Kier molecular flexibility index (Phi) is 5.92. The molecule has 2 aromatic rings. The van der Waals surface area contributed by atoms with Crippen LogP contribution in [-0.2, 0) is 14.8 Å². The van der Waals surface area contributed by atoms with Crippen LogP contribution in [0, 0.1) is 20.8 Å². The Bertz CT molecular complexity index is 923. The summed E-state index contributed by atoms with van der Waals surface area (Å²) in [6.45, 7) is 5.80. The fourth-order valence-electron chi connectivity index (χ4n) is 2.46. The number of sulfonamides is 1. The van der Waals surface area contributed by atoms with E-state index in [0.717, 1.165) is 27.3 Å². The molecular weight excluding hydrogens is 352 g/mol. The molecule has 6 nitrogen and oxygen atoms in total. The quantitative estimate of drug-likeness (QED) is 0.841. The van der Waals surface area contributed by atoms with Crippen molar-refractivity contribution in [3.8, 4) is 5.75 Å². The summed E-state index contributed by atoms with van der Waals surface area (Å²) in [7, 11) is -1.90. The van der Waals surface area contributed by atoms with Crippen LogP contribution >= 0.6 is 0 Å². The molecule has 0 aliphatic rings. The van der Waals surface area contributed by atoms with Crippen molar-refractivity contribution in [1.29, 1.82) is 0 Å². The molecule has 0 aliphatic heterocycles. The molecule has 0 atom stereocenters. The normalized spacial score (nSPS) is 11.1. The predicted octanol–water partition coefficient (Wildman–Crippen LogP) is 3.03. The van der Waals surface area contributed by atoms with Crippen LogP contribution < -0.4 is 14.4 Å². The number of anilines is 2. The van der Waals surface area contributed by atoms with Gasteiger partial charge in [-0.1, -0.05) is 12.1 Å². The summed E-state index contributed by atoms with van der Waals surface area (Å²) in [6, 6.07) is 10.6. The minimum Gasteiger partial charge on any atom is -0.483 e. The third-order valence-corrected chi connectivity index (χ3v) is 5.32. The highest BCUT2D eigenvalue weighted by Crippen LogP contribution is 2.23. The summed E-state index contributed by atoms with van der Waals surface area (Å²) in [5, 5.41) is 2.72. The number of carbonyl (C=O) groups excluding carboxylic acids is 1. The Morgan fingerprint density at radius 2 is 1.85 bits per heavy atom. The molecule has 1 amide bonds. The topological polar surface area (TPSA) is 75.7 Å². The molecule has 0 unspecified atom stereocenters. The molecule has 26 heavy (non-hydrogen) atoms. The van der Waals surface area contributed by atoms with Crippen LogP contribution in [0.2, 0.25) is 0 Å². The Hall–Kier alpha value is -2.54. The summed E-state index contributed by atoms with van der Waals surface area (Å²) < 4.78 is 30.1. The monoisotopic (exact) mass is 376 g/mol. The van der Waals surface area contributed by atoms with E-state index in [0.29, 0.717) is 17.1 Å². The summed E-state index contributed by atoms with van der Waals surface area (Å²) in [4.78, 5) is 12.2. The van der Waals surface area contributed by atoms with E-state index in [9.17, 15) is 13.2 Å². The van der Waals surface area contributed by atoms with E-state index in [1.165, 1.54) is 7.05 Å². The maximum atomic E-state index is 12.2. The van der Waals surface area contributed by atoms with Crippen LogP contribution in [0.5, 0.6) is 5.75 Å². The smallest absolute Gasteiger partial charge is 0.262 e. The van der Waals surface area contributed by atoms with E-state index in [1.54, 1.807) is 24.3 Å². The van der Waals surface area contributed by atoms with Gasteiger partial charge in [-0.25, -0.2) is 8.42 Å². The zero-order valence-electron chi connectivity index (χ0n) is 15.7. The van der Waals surface area contributed by atoms with Gasteiger partial charge in [0.05, 0.1) is 11.9 Å². The van der Waals surface area contributed by atoms with Crippen molar-refractivity contribution in [1.82, 2.24) is 0 Å². The van der Waals surface area contributed by atoms with Crippen molar-refractivity contribution in [3.05, 3.63) is 53.1 Å². The minimum absolute atomic E-state index is 0.129. The first-order valence-electron chi connectivity index (χ1n) is 8.12. The third-order valence-electron chi connectivity index (χ3n) is 4.11. The van der Waals surface area contributed by atoms with E-state index in [2.05, 4.69) is 11.4 Å². The summed E-state index contributed by atoms with van der Waals surface area (Å²) >= 11 is 0. The first kappa shape index (κ1) is 19.8. The number of nitrogens with one attached hydrogen (secondary N) is 1. The lowest BCUT2D eigenvalue weighted by molar-refractivity contribution is -0.118. The van der Waals surface area contributed by atoms with Gasteiger partial charge in [-0.15, -0.1) is 0 Å². The Morgan fingerprint density at radius 3 is 2.50 bits per heavy atom. The fraction of sp³-hybridized carbons (Fsp3) is 0.316. The fourth-order valence-corrected chi connectivity index (χ4v) is 2.96. The molecule has 0 saturated heterocycles. The Morgan fingerprint density at radius 1 is 1.15 bits per heavy atom. The Balaban J connectivity index is 2.05. The summed E-state index contributed by atoms with van der Waals surface area (Å²) in [5.41, 5.74) is 4.15. The number of carbonyl (C=O) groups is 1. The molecule has 0 radical (unpaired) electrons. The molecule has 0 aliphatic carbocycles. The zero-order valence-corrected chi connectivity index (χ0v) is 16.5. The first-order chi connectivity index (χ1) is 12.1. The summed E-state index contributed by atoms with van der Waals surface area (Å²) in [6.07, 6.45) is 1.12. The van der Waals surface area contributed by atoms with Crippen molar-refractivity contribution < 1.29 is 17.9 Å². The molecule has 0 saturated carbocycles. The van der Waals surface area contributed by atoms with Crippen LogP contribution in [0.15, 0.2) is 36.4 Å². The van der Waals surface area contributed by atoms with Crippen molar-refractivity contribution >= 4 is 27.3 Å². The van der Waals surface area contributed by atoms with Gasteiger partial charge < -0.3 is 10.1 Å². The van der Waals surface area contributed by atoms with Gasteiger partial charge in [0.25, 0.3) is 5.91 Å². The molecule has 0 heterocycles. The largest absolute Gasteiger partial charge is 0.483 e. The van der Waals surface area contributed by atoms with Gasteiger partial charge in [0.1, 0.15) is 5.75 Å². The number of amides is 1.